The number of hydrogen-bond donors (Lipinski definition) is 4. The van der Waals surface area contributed by atoms with Crippen LogP contribution in [0.5, 0.6) is 0 Å². The standard InChI is InChI=1S/C14H20F2N4O6/c1-6(2)9(18)11(23)26-5-7(21)10(22)14(15,16)12(24)20-4-3-8(17)19-13(20)25/h3-4,6-7,9-10,21-22H,5,18H2,1-2H3,(H2,17,19,25)/t7-,9+,10-/m1/s1. The molecule has 0 saturated carbocycles. The lowest BCUT2D eigenvalue weighted by atomic mass is 10.1. The van der Waals surface area contributed by atoms with Crippen LogP contribution in [0, 0.1) is 5.92 Å². The molecule has 1 aromatic rings. The smallest absolute Gasteiger partial charge is 0.356 e. The van der Waals surface area contributed by atoms with Crippen LogP contribution >= 0.6 is 0 Å². The zero-order chi connectivity index (χ0) is 20.2. The summed E-state index contributed by atoms with van der Waals surface area (Å²) in [6, 6.07) is -0.131. The SMILES string of the molecule is CC(C)[C@H](N)C(=O)OC[C@@H](O)[C@@H](O)C(F)(F)C(=O)n1ccc(N)nc1=O. The molecular formula is C14H20F2N4O6. The number of anilines is 1. The number of hydrogen-bond acceptors (Lipinski definition) is 9. The number of halogens is 2. The van der Waals surface area contributed by atoms with Gasteiger partial charge in [-0.2, -0.15) is 13.8 Å². The molecular weight excluding hydrogens is 358 g/mol. The van der Waals surface area contributed by atoms with Crippen LogP contribution < -0.4 is 17.2 Å². The van der Waals surface area contributed by atoms with Gasteiger partial charge in [-0.1, -0.05) is 13.8 Å². The van der Waals surface area contributed by atoms with Crippen LogP contribution in [-0.4, -0.2) is 62.4 Å². The molecule has 0 fully saturated rings. The van der Waals surface area contributed by atoms with Gasteiger partial charge in [-0.3, -0.25) is 9.59 Å². The molecule has 0 radical (unpaired) electrons. The third kappa shape index (κ3) is 4.80. The second-order valence-corrected chi connectivity index (χ2v) is 5.85. The Morgan fingerprint density at radius 1 is 1.38 bits per heavy atom. The van der Waals surface area contributed by atoms with E-state index in [0.29, 0.717) is 6.20 Å². The summed E-state index contributed by atoms with van der Waals surface area (Å²) < 4.78 is 32.7. The van der Waals surface area contributed by atoms with Gasteiger partial charge in [0.2, 0.25) is 0 Å². The number of aromatic nitrogens is 2. The van der Waals surface area contributed by atoms with E-state index in [0.717, 1.165) is 6.07 Å². The molecule has 6 N–H and O–H groups in total. The Labute approximate surface area is 146 Å². The number of carbonyl (C=O) groups is 2. The first-order valence-electron chi connectivity index (χ1n) is 7.45. The van der Waals surface area contributed by atoms with Crippen molar-refractivity contribution in [2.45, 2.75) is 38.0 Å². The highest BCUT2D eigenvalue weighted by Crippen LogP contribution is 2.23. The zero-order valence-electron chi connectivity index (χ0n) is 14.0. The summed E-state index contributed by atoms with van der Waals surface area (Å²) in [5.74, 6) is -8.28. The maximum atomic E-state index is 14.1. The molecule has 1 aromatic heterocycles. The summed E-state index contributed by atoms with van der Waals surface area (Å²) in [5.41, 5.74) is 9.29. The Kier molecular flexibility index (Phi) is 6.89. The summed E-state index contributed by atoms with van der Waals surface area (Å²) in [4.78, 5) is 37.9. The van der Waals surface area contributed by atoms with Gasteiger partial charge in [0, 0.05) is 6.20 Å². The second-order valence-electron chi connectivity index (χ2n) is 5.85. The van der Waals surface area contributed by atoms with Crippen LogP contribution in [0.2, 0.25) is 0 Å². The normalized spacial score (nSPS) is 15.4. The van der Waals surface area contributed by atoms with Crippen LogP contribution in [-0.2, 0) is 9.53 Å². The number of nitrogens with two attached hydrogens (primary N) is 2. The number of nitrogens with zero attached hydrogens (tertiary/aromatic N) is 2. The highest BCUT2D eigenvalue weighted by molar-refractivity contribution is 5.86. The van der Waals surface area contributed by atoms with E-state index in [1.807, 2.05) is 0 Å². The van der Waals surface area contributed by atoms with Gasteiger partial charge in [0.05, 0.1) is 0 Å². The molecule has 0 bridgehead atoms. The molecule has 3 atom stereocenters. The summed E-state index contributed by atoms with van der Waals surface area (Å²) in [6.45, 7) is 2.20. The van der Waals surface area contributed by atoms with Crippen molar-refractivity contribution in [1.29, 1.82) is 0 Å². The first-order chi connectivity index (χ1) is 11.9. The minimum Gasteiger partial charge on any atom is -0.462 e. The van der Waals surface area contributed by atoms with E-state index in [4.69, 9.17) is 11.5 Å². The van der Waals surface area contributed by atoms with E-state index >= 15 is 0 Å². The van der Waals surface area contributed by atoms with Gasteiger partial charge in [0.15, 0.2) is 6.10 Å². The molecule has 1 heterocycles. The number of alkyl halides is 2. The Balaban J connectivity index is 2.85. The number of aliphatic hydroxyl groups excluding tert-OH is 2. The van der Waals surface area contributed by atoms with Crippen molar-refractivity contribution in [1.82, 2.24) is 9.55 Å². The van der Waals surface area contributed by atoms with Crippen LogP contribution in [0.1, 0.15) is 18.6 Å². The van der Waals surface area contributed by atoms with E-state index in [2.05, 4.69) is 9.72 Å². The molecule has 26 heavy (non-hydrogen) atoms. The quantitative estimate of drug-likeness (QED) is 0.406. The van der Waals surface area contributed by atoms with Gasteiger partial charge in [-0.25, -0.2) is 9.36 Å². The number of aliphatic hydroxyl groups is 2. The van der Waals surface area contributed by atoms with Crippen molar-refractivity contribution >= 4 is 17.7 Å². The number of nitrogen functional groups attached to an aromatic ring is 1. The third-order valence-electron chi connectivity index (χ3n) is 3.45. The van der Waals surface area contributed by atoms with Gasteiger partial charge < -0.3 is 26.4 Å². The topological polar surface area (TPSA) is 171 Å². The Morgan fingerprint density at radius 2 is 1.96 bits per heavy atom. The predicted molar refractivity (Wildman–Crippen MR) is 84.3 cm³/mol. The third-order valence-corrected chi connectivity index (χ3v) is 3.45. The molecule has 0 aliphatic carbocycles. The van der Waals surface area contributed by atoms with E-state index in [1.54, 1.807) is 13.8 Å². The van der Waals surface area contributed by atoms with Crippen molar-refractivity contribution in [3.8, 4) is 0 Å². The zero-order valence-corrected chi connectivity index (χ0v) is 14.0. The highest BCUT2D eigenvalue weighted by atomic mass is 19.3. The summed E-state index contributed by atoms with van der Waals surface area (Å²) >= 11 is 0. The first-order valence-corrected chi connectivity index (χ1v) is 7.45. The Hall–Kier alpha value is -2.44. The maximum Gasteiger partial charge on any atom is 0.356 e. The van der Waals surface area contributed by atoms with Crippen LogP contribution in [0.15, 0.2) is 17.1 Å². The average Bonchev–Trinajstić information content (AvgIpc) is 2.57. The van der Waals surface area contributed by atoms with Gasteiger partial charge >= 0.3 is 23.5 Å². The molecule has 0 saturated heterocycles. The molecule has 10 nitrogen and oxygen atoms in total. The molecule has 0 spiro atoms. The number of ether oxygens (including phenoxy) is 1. The van der Waals surface area contributed by atoms with Crippen molar-refractivity contribution in [2.75, 3.05) is 12.3 Å². The monoisotopic (exact) mass is 378 g/mol. The predicted octanol–water partition coefficient (Wildman–Crippen LogP) is -1.65. The molecule has 12 heteroatoms. The van der Waals surface area contributed by atoms with Gasteiger partial charge in [-0.15, -0.1) is 0 Å². The fourth-order valence-corrected chi connectivity index (χ4v) is 1.73. The van der Waals surface area contributed by atoms with Crippen LogP contribution in [0.4, 0.5) is 14.6 Å². The lowest BCUT2D eigenvalue weighted by Gasteiger charge is -2.25. The minimum absolute atomic E-state index is 0.0625. The molecule has 0 amide bonds. The van der Waals surface area contributed by atoms with Crippen molar-refractivity contribution in [3.05, 3.63) is 22.7 Å². The molecule has 0 unspecified atom stereocenters. The fourth-order valence-electron chi connectivity index (χ4n) is 1.73. The molecule has 0 aliphatic rings. The van der Waals surface area contributed by atoms with Gasteiger partial charge in [-0.05, 0) is 12.0 Å². The lowest BCUT2D eigenvalue weighted by molar-refractivity contribution is -0.162. The summed E-state index contributed by atoms with van der Waals surface area (Å²) in [7, 11) is 0. The van der Waals surface area contributed by atoms with Gasteiger partial charge in [0.25, 0.3) is 0 Å². The van der Waals surface area contributed by atoms with E-state index < -0.39 is 48.3 Å². The Bertz CT molecular complexity index is 724. The second kappa shape index (κ2) is 8.29. The Morgan fingerprint density at radius 3 is 2.46 bits per heavy atom. The highest BCUT2D eigenvalue weighted by Gasteiger charge is 2.51. The minimum atomic E-state index is -4.58. The molecule has 0 aromatic carbocycles. The van der Waals surface area contributed by atoms with Crippen LogP contribution in [0.25, 0.3) is 0 Å². The average molecular weight is 378 g/mol. The molecule has 1 rings (SSSR count). The number of rotatable bonds is 7. The summed E-state index contributed by atoms with van der Waals surface area (Å²) in [5, 5.41) is 19.2. The number of carbonyl (C=O) groups excluding carboxylic acids is 2. The fraction of sp³-hybridized carbons (Fsp3) is 0.571. The largest absolute Gasteiger partial charge is 0.462 e. The molecule has 146 valence electrons. The van der Waals surface area contributed by atoms with Gasteiger partial charge in [0.1, 0.15) is 24.6 Å². The number of esters is 1. The first kappa shape index (κ1) is 21.6. The van der Waals surface area contributed by atoms with E-state index in [9.17, 15) is 33.4 Å². The van der Waals surface area contributed by atoms with Crippen molar-refractivity contribution in [2.24, 2.45) is 11.7 Å². The maximum absolute atomic E-state index is 14.1. The van der Waals surface area contributed by atoms with Crippen molar-refractivity contribution < 1.29 is 33.3 Å². The van der Waals surface area contributed by atoms with Crippen molar-refractivity contribution in [3.63, 3.8) is 0 Å². The van der Waals surface area contributed by atoms with E-state index in [-0.39, 0.29) is 16.3 Å². The lowest BCUT2D eigenvalue weighted by Crippen LogP contribution is -2.53. The van der Waals surface area contributed by atoms with E-state index in [1.165, 1.54) is 0 Å². The molecule has 0 aliphatic heterocycles. The summed E-state index contributed by atoms with van der Waals surface area (Å²) in [6.07, 6.45) is -4.61. The van der Waals surface area contributed by atoms with Crippen LogP contribution in [0.3, 0.4) is 0 Å².